The van der Waals surface area contributed by atoms with Crippen LogP contribution in [0, 0.1) is 17.8 Å². The van der Waals surface area contributed by atoms with Crippen molar-refractivity contribution in [2.75, 3.05) is 0 Å². The molecule has 0 saturated heterocycles. The minimum Gasteiger partial charge on any atom is -0.0625 e. The van der Waals surface area contributed by atoms with Gasteiger partial charge in [-0.05, 0) is 30.6 Å². The van der Waals surface area contributed by atoms with Crippen molar-refractivity contribution in [2.45, 2.75) is 40.0 Å². The van der Waals surface area contributed by atoms with Gasteiger partial charge in [0, 0.05) is 0 Å². The minimum atomic E-state index is 0.926. The van der Waals surface area contributed by atoms with Gasteiger partial charge in [-0.1, -0.05) is 27.2 Å². The summed E-state index contributed by atoms with van der Waals surface area (Å²) in [4.78, 5) is 0. The van der Waals surface area contributed by atoms with Crippen molar-refractivity contribution in [1.29, 1.82) is 0 Å². The van der Waals surface area contributed by atoms with Gasteiger partial charge in [0.2, 0.25) is 0 Å². The van der Waals surface area contributed by atoms with Gasteiger partial charge in [0.15, 0.2) is 0 Å². The lowest BCUT2D eigenvalue weighted by Gasteiger charge is -2.12. The third-order valence-electron chi connectivity index (χ3n) is 2.68. The van der Waals surface area contributed by atoms with Crippen molar-refractivity contribution < 1.29 is 0 Å². The predicted molar refractivity (Wildman–Crippen MR) is 41.3 cm³/mol. The third-order valence-corrected chi connectivity index (χ3v) is 2.68. The van der Waals surface area contributed by atoms with Crippen molar-refractivity contribution in [2.24, 2.45) is 17.8 Å². The highest BCUT2D eigenvalue weighted by molar-refractivity contribution is 4.74. The molecule has 1 aliphatic carbocycles. The molecule has 0 spiro atoms. The molecule has 0 amide bonds. The van der Waals surface area contributed by atoms with Gasteiger partial charge in [-0.25, -0.2) is 0 Å². The first kappa shape index (κ1) is 7.11. The van der Waals surface area contributed by atoms with Gasteiger partial charge in [-0.2, -0.15) is 0 Å². The first-order chi connectivity index (χ1) is 4.20. The van der Waals surface area contributed by atoms with Gasteiger partial charge in [0.05, 0.1) is 0 Å². The standard InChI is InChI=1S/C9H18/c1-7(2)9-5-4-8(3)6-9/h7-9H,4-6H2,1-3H3/t8-,9+/m1/s1. The Morgan fingerprint density at radius 3 is 2.11 bits per heavy atom. The first-order valence-corrected chi connectivity index (χ1v) is 4.20. The number of hydrogen-bond donors (Lipinski definition) is 0. The molecule has 0 aromatic rings. The Bertz CT molecular complexity index is 84.0. The van der Waals surface area contributed by atoms with Gasteiger partial charge < -0.3 is 0 Å². The molecule has 0 bridgehead atoms. The molecule has 0 aromatic heterocycles. The lowest BCUT2D eigenvalue weighted by molar-refractivity contribution is 0.384. The number of rotatable bonds is 1. The lowest BCUT2D eigenvalue weighted by atomic mass is 9.94. The Morgan fingerprint density at radius 1 is 1.22 bits per heavy atom. The van der Waals surface area contributed by atoms with Gasteiger partial charge in [0.1, 0.15) is 0 Å². The van der Waals surface area contributed by atoms with Crippen LogP contribution in [0.1, 0.15) is 40.0 Å². The molecule has 9 heavy (non-hydrogen) atoms. The highest BCUT2D eigenvalue weighted by atomic mass is 14.3. The molecular weight excluding hydrogens is 108 g/mol. The summed E-state index contributed by atoms with van der Waals surface area (Å²) in [5, 5.41) is 0. The average Bonchev–Trinajstić information content (AvgIpc) is 2.14. The van der Waals surface area contributed by atoms with E-state index in [1.165, 1.54) is 19.3 Å². The van der Waals surface area contributed by atoms with Crippen LogP contribution >= 0.6 is 0 Å². The number of hydrogen-bond acceptors (Lipinski definition) is 0. The van der Waals surface area contributed by atoms with Crippen LogP contribution < -0.4 is 0 Å². The lowest BCUT2D eigenvalue weighted by Crippen LogP contribution is -2.02. The maximum absolute atomic E-state index is 2.38. The zero-order chi connectivity index (χ0) is 6.85. The van der Waals surface area contributed by atoms with Crippen LogP contribution in [0.3, 0.4) is 0 Å². The van der Waals surface area contributed by atoms with Crippen molar-refractivity contribution >= 4 is 0 Å². The van der Waals surface area contributed by atoms with Gasteiger partial charge in [-0.15, -0.1) is 0 Å². The molecule has 0 unspecified atom stereocenters. The van der Waals surface area contributed by atoms with Crippen LogP contribution in [-0.2, 0) is 0 Å². The Hall–Kier alpha value is 0. The highest BCUT2D eigenvalue weighted by Gasteiger charge is 2.23. The molecule has 1 aliphatic rings. The Balaban J connectivity index is 2.30. The molecule has 0 aromatic carbocycles. The maximum Gasteiger partial charge on any atom is -0.0388 e. The van der Waals surface area contributed by atoms with Crippen LogP contribution in [0.2, 0.25) is 0 Å². The highest BCUT2D eigenvalue weighted by Crippen LogP contribution is 2.34. The summed E-state index contributed by atoms with van der Waals surface area (Å²) in [6, 6.07) is 0. The second kappa shape index (κ2) is 2.72. The zero-order valence-electron chi connectivity index (χ0n) is 6.85. The second-order valence-corrected chi connectivity index (χ2v) is 3.92. The molecule has 1 saturated carbocycles. The van der Waals surface area contributed by atoms with Crippen LogP contribution in [0.4, 0.5) is 0 Å². The predicted octanol–water partition coefficient (Wildman–Crippen LogP) is 3.08. The van der Waals surface area contributed by atoms with Gasteiger partial charge >= 0.3 is 0 Å². The van der Waals surface area contributed by atoms with Crippen molar-refractivity contribution in [1.82, 2.24) is 0 Å². The second-order valence-electron chi connectivity index (χ2n) is 3.92. The molecule has 0 heterocycles. The summed E-state index contributed by atoms with van der Waals surface area (Å²) in [6.45, 7) is 7.08. The summed E-state index contributed by atoms with van der Waals surface area (Å²) >= 11 is 0. The molecule has 1 rings (SSSR count). The van der Waals surface area contributed by atoms with Crippen LogP contribution in [0.25, 0.3) is 0 Å². The van der Waals surface area contributed by atoms with Crippen LogP contribution in [-0.4, -0.2) is 0 Å². The fraction of sp³-hybridized carbons (Fsp3) is 1.00. The summed E-state index contributed by atoms with van der Waals surface area (Å²) in [5.74, 6) is 2.98. The fourth-order valence-corrected chi connectivity index (χ4v) is 1.86. The van der Waals surface area contributed by atoms with E-state index in [-0.39, 0.29) is 0 Å². The van der Waals surface area contributed by atoms with E-state index in [4.69, 9.17) is 0 Å². The van der Waals surface area contributed by atoms with E-state index in [0.717, 1.165) is 17.8 Å². The van der Waals surface area contributed by atoms with E-state index in [9.17, 15) is 0 Å². The van der Waals surface area contributed by atoms with E-state index in [1.54, 1.807) is 0 Å². The quantitative estimate of drug-likeness (QED) is 0.506. The monoisotopic (exact) mass is 126 g/mol. The normalized spacial score (nSPS) is 36.0. The molecule has 54 valence electrons. The Kier molecular flexibility index (Phi) is 2.15. The van der Waals surface area contributed by atoms with Crippen molar-refractivity contribution in [3.63, 3.8) is 0 Å². The Labute approximate surface area is 58.7 Å². The van der Waals surface area contributed by atoms with E-state index < -0.39 is 0 Å². The van der Waals surface area contributed by atoms with E-state index in [0.29, 0.717) is 0 Å². The molecule has 0 nitrogen and oxygen atoms in total. The summed E-state index contributed by atoms with van der Waals surface area (Å²) < 4.78 is 0. The molecule has 0 radical (unpaired) electrons. The van der Waals surface area contributed by atoms with Gasteiger partial charge in [0.25, 0.3) is 0 Å². The van der Waals surface area contributed by atoms with E-state index in [1.807, 2.05) is 0 Å². The van der Waals surface area contributed by atoms with Crippen LogP contribution in [0.15, 0.2) is 0 Å². The molecule has 1 fully saturated rings. The molecular formula is C9H18. The topological polar surface area (TPSA) is 0 Å². The summed E-state index contributed by atoms with van der Waals surface area (Å²) in [5.41, 5.74) is 0. The fourth-order valence-electron chi connectivity index (χ4n) is 1.86. The molecule has 2 atom stereocenters. The van der Waals surface area contributed by atoms with E-state index in [2.05, 4.69) is 20.8 Å². The zero-order valence-corrected chi connectivity index (χ0v) is 6.85. The van der Waals surface area contributed by atoms with Crippen molar-refractivity contribution in [3.05, 3.63) is 0 Å². The largest absolute Gasteiger partial charge is 0.0625 e. The average molecular weight is 126 g/mol. The first-order valence-electron chi connectivity index (χ1n) is 4.20. The Morgan fingerprint density at radius 2 is 1.89 bits per heavy atom. The maximum atomic E-state index is 2.38. The minimum absolute atomic E-state index is 0.926. The third kappa shape index (κ3) is 1.70. The smallest absolute Gasteiger partial charge is 0.0388 e. The molecule has 0 aliphatic heterocycles. The summed E-state index contributed by atoms with van der Waals surface area (Å²) in [6.07, 6.45) is 4.44. The summed E-state index contributed by atoms with van der Waals surface area (Å²) in [7, 11) is 0. The molecule has 0 heteroatoms. The van der Waals surface area contributed by atoms with Crippen LogP contribution in [0.5, 0.6) is 0 Å². The van der Waals surface area contributed by atoms with E-state index >= 15 is 0 Å². The van der Waals surface area contributed by atoms with Crippen molar-refractivity contribution in [3.8, 4) is 0 Å². The molecule has 0 N–H and O–H groups in total. The SMILES string of the molecule is CC(C)[C@H]1CC[C@@H](C)C1. The van der Waals surface area contributed by atoms with Gasteiger partial charge in [-0.3, -0.25) is 0 Å².